The van der Waals surface area contributed by atoms with Gasteiger partial charge in [-0.1, -0.05) is 30.3 Å². The van der Waals surface area contributed by atoms with E-state index in [4.69, 9.17) is 0 Å². The first-order chi connectivity index (χ1) is 11.2. The summed E-state index contributed by atoms with van der Waals surface area (Å²) < 4.78 is 0. The van der Waals surface area contributed by atoms with Crippen LogP contribution in [0.2, 0.25) is 0 Å². The highest BCUT2D eigenvalue weighted by Gasteiger charge is 2.26. The molecule has 0 saturated carbocycles. The predicted molar refractivity (Wildman–Crippen MR) is 92.4 cm³/mol. The van der Waals surface area contributed by atoms with Gasteiger partial charge in [0.25, 0.3) is 0 Å². The van der Waals surface area contributed by atoms with Crippen LogP contribution in [0.5, 0.6) is 0 Å². The van der Waals surface area contributed by atoms with E-state index < -0.39 is 0 Å². The second-order valence-corrected chi connectivity index (χ2v) is 6.31. The van der Waals surface area contributed by atoms with E-state index in [-0.39, 0.29) is 18.4 Å². The standard InChI is InChI=1S/C17H17N3O2S/c21-16-11-20(15-6-8-18-10-14(15)19-16)17(22)7-9-23-12-13-4-2-1-3-5-13/h1-6,8,10H,7,9,11-12H2,(H,19,21). The summed E-state index contributed by atoms with van der Waals surface area (Å²) in [5.74, 6) is 1.39. The molecular weight excluding hydrogens is 310 g/mol. The summed E-state index contributed by atoms with van der Waals surface area (Å²) >= 11 is 1.72. The Balaban J connectivity index is 1.55. The van der Waals surface area contributed by atoms with Crippen molar-refractivity contribution in [1.29, 1.82) is 0 Å². The van der Waals surface area contributed by atoms with Crippen molar-refractivity contribution in [3.05, 3.63) is 54.4 Å². The smallest absolute Gasteiger partial charge is 0.244 e. The first-order valence-corrected chi connectivity index (χ1v) is 8.55. The van der Waals surface area contributed by atoms with E-state index in [1.165, 1.54) is 5.56 Å². The fourth-order valence-electron chi connectivity index (χ4n) is 2.42. The average Bonchev–Trinajstić information content (AvgIpc) is 2.58. The quantitative estimate of drug-likeness (QED) is 0.858. The van der Waals surface area contributed by atoms with Crippen LogP contribution >= 0.6 is 11.8 Å². The van der Waals surface area contributed by atoms with Gasteiger partial charge in [0.2, 0.25) is 11.8 Å². The van der Waals surface area contributed by atoms with E-state index >= 15 is 0 Å². The number of hydrogen-bond donors (Lipinski definition) is 1. The Morgan fingerprint density at radius 2 is 2.09 bits per heavy atom. The maximum atomic E-state index is 12.4. The number of carbonyl (C=O) groups is 2. The van der Waals surface area contributed by atoms with Gasteiger partial charge in [-0.15, -0.1) is 0 Å². The number of aromatic nitrogens is 1. The van der Waals surface area contributed by atoms with Crippen LogP contribution in [0.3, 0.4) is 0 Å². The SMILES string of the molecule is O=C1CN(C(=O)CCSCc2ccccc2)c2ccncc2N1. The molecule has 2 aromatic rings. The van der Waals surface area contributed by atoms with E-state index in [2.05, 4.69) is 22.4 Å². The van der Waals surface area contributed by atoms with Gasteiger partial charge >= 0.3 is 0 Å². The molecule has 118 valence electrons. The average molecular weight is 327 g/mol. The van der Waals surface area contributed by atoms with Gasteiger partial charge in [0.05, 0.1) is 17.6 Å². The number of nitrogens with one attached hydrogen (secondary N) is 1. The number of pyridine rings is 1. The Morgan fingerprint density at radius 1 is 1.26 bits per heavy atom. The summed E-state index contributed by atoms with van der Waals surface area (Å²) in [6.45, 7) is 0.0686. The van der Waals surface area contributed by atoms with Gasteiger partial charge in [-0.05, 0) is 11.6 Å². The van der Waals surface area contributed by atoms with E-state index in [1.807, 2.05) is 18.2 Å². The summed E-state index contributed by atoms with van der Waals surface area (Å²) in [5.41, 5.74) is 2.56. The Labute approximate surface area is 139 Å². The molecule has 2 heterocycles. The molecule has 1 aliphatic rings. The maximum Gasteiger partial charge on any atom is 0.244 e. The van der Waals surface area contributed by atoms with Gasteiger partial charge in [-0.3, -0.25) is 14.6 Å². The number of rotatable bonds is 5. The number of carbonyl (C=O) groups excluding carboxylic acids is 2. The Morgan fingerprint density at radius 3 is 2.91 bits per heavy atom. The number of fused-ring (bicyclic) bond motifs is 1. The van der Waals surface area contributed by atoms with Crippen molar-refractivity contribution < 1.29 is 9.59 Å². The van der Waals surface area contributed by atoms with Crippen molar-refractivity contribution in [1.82, 2.24) is 4.98 Å². The third kappa shape index (κ3) is 3.90. The molecule has 0 unspecified atom stereocenters. The van der Waals surface area contributed by atoms with Crippen molar-refractivity contribution in [3.63, 3.8) is 0 Å². The largest absolute Gasteiger partial charge is 0.321 e. The molecular formula is C17H17N3O2S. The third-order valence-electron chi connectivity index (χ3n) is 3.54. The lowest BCUT2D eigenvalue weighted by Gasteiger charge is -2.28. The normalized spacial score (nSPS) is 13.4. The number of benzene rings is 1. The molecule has 6 heteroatoms. The van der Waals surface area contributed by atoms with Crippen LogP contribution in [0.4, 0.5) is 11.4 Å². The van der Waals surface area contributed by atoms with Gasteiger partial charge in [0, 0.05) is 24.1 Å². The van der Waals surface area contributed by atoms with Crippen LogP contribution in [0, 0.1) is 0 Å². The molecule has 0 saturated heterocycles. The van der Waals surface area contributed by atoms with Crippen LogP contribution in [-0.4, -0.2) is 29.1 Å². The molecule has 0 atom stereocenters. The Hall–Kier alpha value is -2.34. The van der Waals surface area contributed by atoms with Crippen LogP contribution in [0.25, 0.3) is 0 Å². The first-order valence-electron chi connectivity index (χ1n) is 7.40. The summed E-state index contributed by atoms with van der Waals surface area (Å²) in [6.07, 6.45) is 3.60. The molecule has 0 fully saturated rings. The molecule has 0 aliphatic carbocycles. The minimum Gasteiger partial charge on any atom is -0.321 e. The van der Waals surface area contributed by atoms with Gasteiger partial charge in [0.1, 0.15) is 6.54 Å². The Bertz CT molecular complexity index is 706. The zero-order valence-electron chi connectivity index (χ0n) is 12.6. The number of hydrogen-bond acceptors (Lipinski definition) is 4. The highest BCUT2D eigenvalue weighted by molar-refractivity contribution is 7.98. The number of amides is 2. The highest BCUT2D eigenvalue weighted by Crippen LogP contribution is 2.28. The van der Waals surface area contributed by atoms with E-state index in [1.54, 1.807) is 35.1 Å². The molecule has 0 spiro atoms. The van der Waals surface area contributed by atoms with Crippen molar-refractivity contribution in [2.24, 2.45) is 0 Å². The van der Waals surface area contributed by atoms with Crippen LogP contribution in [0.15, 0.2) is 48.8 Å². The molecule has 23 heavy (non-hydrogen) atoms. The van der Waals surface area contributed by atoms with Crippen molar-refractivity contribution in [2.45, 2.75) is 12.2 Å². The maximum absolute atomic E-state index is 12.4. The van der Waals surface area contributed by atoms with Gasteiger partial charge in [-0.2, -0.15) is 11.8 Å². The Kier molecular flexibility index (Phi) is 4.92. The summed E-state index contributed by atoms with van der Waals surface area (Å²) in [4.78, 5) is 29.7. The zero-order chi connectivity index (χ0) is 16.1. The molecule has 3 rings (SSSR count). The molecule has 1 aromatic carbocycles. The predicted octanol–water partition coefficient (Wildman–Crippen LogP) is 2.69. The molecule has 1 aliphatic heterocycles. The topological polar surface area (TPSA) is 62.3 Å². The summed E-state index contributed by atoms with van der Waals surface area (Å²) in [7, 11) is 0. The number of nitrogens with zero attached hydrogens (tertiary/aromatic N) is 2. The van der Waals surface area contributed by atoms with E-state index in [0.29, 0.717) is 12.1 Å². The fraction of sp³-hybridized carbons (Fsp3) is 0.235. The van der Waals surface area contributed by atoms with E-state index in [0.717, 1.165) is 17.2 Å². The van der Waals surface area contributed by atoms with Gasteiger partial charge in [-0.25, -0.2) is 0 Å². The van der Waals surface area contributed by atoms with E-state index in [9.17, 15) is 9.59 Å². The molecule has 2 amide bonds. The van der Waals surface area contributed by atoms with Crippen LogP contribution in [-0.2, 0) is 15.3 Å². The van der Waals surface area contributed by atoms with Gasteiger partial charge in [0.15, 0.2) is 0 Å². The zero-order valence-corrected chi connectivity index (χ0v) is 13.4. The molecule has 1 N–H and O–H groups in total. The first kappa shape index (κ1) is 15.6. The minimum absolute atomic E-state index is 0.0344. The van der Waals surface area contributed by atoms with Gasteiger partial charge < -0.3 is 10.2 Å². The van der Waals surface area contributed by atoms with Crippen LogP contribution in [0.1, 0.15) is 12.0 Å². The lowest BCUT2D eigenvalue weighted by molar-refractivity contribution is -0.121. The summed E-state index contributed by atoms with van der Waals surface area (Å²) in [6, 6.07) is 11.9. The van der Waals surface area contributed by atoms with Crippen LogP contribution < -0.4 is 10.2 Å². The minimum atomic E-state index is -0.184. The van der Waals surface area contributed by atoms with Crippen molar-refractivity contribution >= 4 is 35.0 Å². The summed E-state index contributed by atoms with van der Waals surface area (Å²) in [5, 5.41) is 2.73. The number of thioether (sulfide) groups is 1. The number of anilines is 2. The molecule has 0 bridgehead atoms. The lowest BCUT2D eigenvalue weighted by atomic mass is 10.2. The lowest BCUT2D eigenvalue weighted by Crippen LogP contribution is -2.42. The highest BCUT2D eigenvalue weighted by atomic mass is 32.2. The van der Waals surface area contributed by atoms with Crippen molar-refractivity contribution in [3.8, 4) is 0 Å². The van der Waals surface area contributed by atoms with Crippen molar-refractivity contribution in [2.75, 3.05) is 22.5 Å². The second kappa shape index (κ2) is 7.28. The second-order valence-electron chi connectivity index (χ2n) is 5.21. The molecule has 5 nitrogen and oxygen atoms in total. The monoisotopic (exact) mass is 327 g/mol. The fourth-order valence-corrected chi connectivity index (χ4v) is 3.31. The third-order valence-corrected chi connectivity index (χ3v) is 4.57. The molecule has 0 radical (unpaired) electrons. The molecule has 1 aromatic heterocycles.